The first-order valence-electron chi connectivity index (χ1n) is 11.9. The molecule has 2 aromatic carbocycles. The highest BCUT2D eigenvalue weighted by Gasteiger charge is 2.34. The molecule has 0 spiro atoms. The van der Waals surface area contributed by atoms with Crippen LogP contribution in [0.15, 0.2) is 66.7 Å². The second kappa shape index (κ2) is 11.6. The van der Waals surface area contributed by atoms with E-state index in [4.69, 9.17) is 9.47 Å². The fourth-order valence-electron chi connectivity index (χ4n) is 4.31. The normalized spacial score (nSPS) is 21.9. The minimum absolute atomic E-state index is 0.108. The number of benzene rings is 2. The van der Waals surface area contributed by atoms with Crippen LogP contribution in [0.25, 0.3) is 0 Å². The van der Waals surface area contributed by atoms with Crippen LogP contribution in [0.5, 0.6) is 5.75 Å². The van der Waals surface area contributed by atoms with Crippen molar-refractivity contribution in [2.24, 2.45) is 0 Å². The minimum atomic E-state index is -0.776. The van der Waals surface area contributed by atoms with Gasteiger partial charge in [-0.2, -0.15) is 0 Å². The van der Waals surface area contributed by atoms with Crippen LogP contribution in [0, 0.1) is 0 Å². The van der Waals surface area contributed by atoms with E-state index in [1.165, 1.54) is 0 Å². The number of ether oxygens (including phenoxy) is 2. The van der Waals surface area contributed by atoms with Crippen LogP contribution in [0.1, 0.15) is 35.2 Å². The largest absolute Gasteiger partial charge is 0.491 e. The Morgan fingerprint density at radius 3 is 2.77 bits per heavy atom. The Morgan fingerprint density at radius 2 is 1.94 bits per heavy atom. The maximum Gasteiger partial charge on any atom is 0.408 e. The van der Waals surface area contributed by atoms with Crippen LogP contribution in [-0.4, -0.2) is 66.5 Å². The molecule has 184 valence electrons. The Labute approximate surface area is 205 Å². The Kier molecular flexibility index (Phi) is 8.03. The summed E-state index contributed by atoms with van der Waals surface area (Å²) in [6, 6.07) is 15.6. The van der Waals surface area contributed by atoms with Gasteiger partial charge < -0.3 is 24.6 Å². The Bertz CT molecular complexity index is 1070. The van der Waals surface area contributed by atoms with E-state index in [2.05, 4.69) is 5.32 Å². The lowest BCUT2D eigenvalue weighted by molar-refractivity contribution is -0.134. The van der Waals surface area contributed by atoms with Crippen molar-refractivity contribution in [2.75, 3.05) is 26.7 Å². The highest BCUT2D eigenvalue weighted by Crippen LogP contribution is 2.22. The van der Waals surface area contributed by atoms with E-state index in [1.807, 2.05) is 48.6 Å². The molecule has 0 aliphatic carbocycles. The zero-order chi connectivity index (χ0) is 24.6. The number of hydrogen-bond donors (Lipinski definition) is 1. The number of nitrogens with one attached hydrogen (secondary N) is 1. The number of nitrogens with zero attached hydrogens (tertiary/aromatic N) is 2. The lowest BCUT2D eigenvalue weighted by Crippen LogP contribution is -2.51. The topological polar surface area (TPSA) is 88.2 Å². The van der Waals surface area contributed by atoms with Gasteiger partial charge in [-0.3, -0.25) is 9.59 Å². The van der Waals surface area contributed by atoms with Gasteiger partial charge in [0, 0.05) is 25.7 Å². The molecule has 0 unspecified atom stereocenters. The highest BCUT2D eigenvalue weighted by molar-refractivity contribution is 5.94. The lowest BCUT2D eigenvalue weighted by atomic mass is 10.1. The van der Waals surface area contributed by atoms with Crippen molar-refractivity contribution in [1.29, 1.82) is 0 Å². The number of hydrogen-bond acceptors (Lipinski definition) is 5. The zero-order valence-corrected chi connectivity index (χ0v) is 19.9. The third-order valence-electron chi connectivity index (χ3n) is 6.25. The Hall–Kier alpha value is -3.81. The van der Waals surface area contributed by atoms with E-state index < -0.39 is 12.1 Å². The molecule has 1 fully saturated rings. The van der Waals surface area contributed by atoms with Crippen molar-refractivity contribution < 1.29 is 23.9 Å². The average molecular weight is 478 g/mol. The van der Waals surface area contributed by atoms with Gasteiger partial charge in [0.2, 0.25) is 5.91 Å². The first-order valence-corrected chi connectivity index (χ1v) is 11.9. The second-order valence-corrected chi connectivity index (χ2v) is 8.82. The summed E-state index contributed by atoms with van der Waals surface area (Å²) in [6.45, 7) is 1.42. The molecule has 35 heavy (non-hydrogen) atoms. The van der Waals surface area contributed by atoms with E-state index in [0.717, 1.165) is 18.4 Å². The molecule has 2 aromatic rings. The lowest BCUT2D eigenvalue weighted by Gasteiger charge is -2.29. The van der Waals surface area contributed by atoms with Crippen LogP contribution in [0.3, 0.4) is 0 Å². The molecule has 2 aliphatic rings. The average Bonchev–Trinajstić information content (AvgIpc) is 3.36. The van der Waals surface area contributed by atoms with Crippen LogP contribution in [0.2, 0.25) is 0 Å². The molecule has 2 atom stereocenters. The summed E-state index contributed by atoms with van der Waals surface area (Å²) < 4.78 is 11.3. The fraction of sp³-hybridized carbons (Fsp3) is 0.370. The van der Waals surface area contributed by atoms with Crippen molar-refractivity contribution >= 4 is 17.9 Å². The highest BCUT2D eigenvalue weighted by atomic mass is 16.5. The van der Waals surface area contributed by atoms with Gasteiger partial charge >= 0.3 is 6.09 Å². The predicted molar refractivity (Wildman–Crippen MR) is 131 cm³/mol. The van der Waals surface area contributed by atoms with E-state index in [1.54, 1.807) is 35.0 Å². The predicted octanol–water partition coefficient (Wildman–Crippen LogP) is 3.38. The molecule has 0 saturated carbocycles. The molecular weight excluding hydrogens is 446 g/mol. The molecule has 0 radical (unpaired) electrons. The zero-order valence-electron chi connectivity index (χ0n) is 19.9. The van der Waals surface area contributed by atoms with Gasteiger partial charge in [0.15, 0.2) is 0 Å². The Balaban J connectivity index is 1.49. The second-order valence-electron chi connectivity index (χ2n) is 8.82. The summed E-state index contributed by atoms with van der Waals surface area (Å²) in [4.78, 5) is 42.2. The van der Waals surface area contributed by atoms with E-state index in [0.29, 0.717) is 37.4 Å². The third kappa shape index (κ3) is 6.41. The first kappa shape index (κ1) is 24.3. The molecule has 8 nitrogen and oxygen atoms in total. The minimum Gasteiger partial charge on any atom is -0.491 e. The van der Waals surface area contributed by atoms with Crippen LogP contribution >= 0.6 is 0 Å². The van der Waals surface area contributed by atoms with E-state index >= 15 is 0 Å². The van der Waals surface area contributed by atoms with Gasteiger partial charge in [-0.15, -0.1) is 0 Å². The van der Waals surface area contributed by atoms with Crippen molar-refractivity contribution in [1.82, 2.24) is 15.1 Å². The summed E-state index contributed by atoms with van der Waals surface area (Å²) in [5.41, 5.74) is 1.41. The molecule has 1 N–H and O–H groups in total. The molecule has 8 heteroatoms. The molecule has 3 amide bonds. The standard InChI is InChI=1S/C27H31N3O5/c1-29-15-6-5-14-24(28-27(33)35-18-20-9-3-2-4-10-20)26(32)30-16-8-12-22(30)19-34-23-13-7-11-21(17-23)25(29)31/h2-7,9-11,13,17,22,24H,8,12,14-16,18-19H2,1H3,(H,28,33)/b6-5+/t22-,24-/m0/s1. The van der Waals surface area contributed by atoms with Crippen LogP contribution in [-0.2, 0) is 16.1 Å². The number of fused-ring (bicyclic) bond motifs is 3. The van der Waals surface area contributed by atoms with Gasteiger partial charge in [-0.05, 0) is 43.0 Å². The molecule has 2 aliphatic heterocycles. The fourth-order valence-corrected chi connectivity index (χ4v) is 4.31. The molecule has 2 bridgehead atoms. The van der Waals surface area contributed by atoms with Gasteiger partial charge in [0.25, 0.3) is 5.91 Å². The molecule has 2 heterocycles. The van der Waals surface area contributed by atoms with Gasteiger partial charge in [0.1, 0.15) is 25.0 Å². The van der Waals surface area contributed by atoms with E-state index in [-0.39, 0.29) is 24.5 Å². The molecular formula is C27H31N3O5. The number of amides is 3. The number of carbonyl (C=O) groups excluding carboxylic acids is 3. The number of likely N-dealkylation sites (N-methyl/N-ethyl adjacent to an activating group) is 1. The van der Waals surface area contributed by atoms with Crippen molar-refractivity contribution in [2.45, 2.75) is 38.0 Å². The third-order valence-corrected chi connectivity index (χ3v) is 6.25. The van der Waals surface area contributed by atoms with Crippen molar-refractivity contribution in [3.63, 3.8) is 0 Å². The number of alkyl carbamates (subject to hydrolysis) is 1. The SMILES string of the molecule is CN1C/C=C/C[C@H](NC(=O)OCc2ccccc2)C(=O)N2CCC[C@H]2COc2cccc(c2)C1=O. The molecule has 0 aromatic heterocycles. The smallest absolute Gasteiger partial charge is 0.408 e. The van der Waals surface area contributed by atoms with Crippen molar-refractivity contribution in [3.8, 4) is 5.75 Å². The molecule has 4 rings (SSSR count). The van der Waals surface area contributed by atoms with Crippen LogP contribution < -0.4 is 10.1 Å². The number of rotatable bonds is 3. The summed E-state index contributed by atoms with van der Waals surface area (Å²) >= 11 is 0. The maximum atomic E-state index is 13.5. The Morgan fingerprint density at radius 1 is 1.11 bits per heavy atom. The summed E-state index contributed by atoms with van der Waals surface area (Å²) in [5.74, 6) is 0.311. The summed E-state index contributed by atoms with van der Waals surface area (Å²) in [5, 5.41) is 2.74. The van der Waals surface area contributed by atoms with Crippen molar-refractivity contribution in [3.05, 3.63) is 77.9 Å². The van der Waals surface area contributed by atoms with Gasteiger partial charge in [0.05, 0.1) is 6.04 Å². The summed E-state index contributed by atoms with van der Waals surface area (Å²) in [7, 11) is 1.72. The van der Waals surface area contributed by atoms with Gasteiger partial charge in [-0.25, -0.2) is 4.79 Å². The van der Waals surface area contributed by atoms with Gasteiger partial charge in [-0.1, -0.05) is 48.6 Å². The molecule has 1 saturated heterocycles. The maximum absolute atomic E-state index is 13.5. The number of carbonyl (C=O) groups is 3. The van der Waals surface area contributed by atoms with E-state index in [9.17, 15) is 14.4 Å². The monoisotopic (exact) mass is 477 g/mol. The first-order chi connectivity index (χ1) is 17.0. The van der Waals surface area contributed by atoms with Crippen LogP contribution in [0.4, 0.5) is 4.79 Å². The summed E-state index contributed by atoms with van der Waals surface area (Å²) in [6.07, 6.45) is 4.98. The quantitative estimate of drug-likeness (QED) is 0.685.